The molecule has 1 heterocycles. The molecule has 1 fully saturated rings. The lowest BCUT2D eigenvalue weighted by molar-refractivity contribution is -0.305. The summed E-state index contributed by atoms with van der Waals surface area (Å²) in [6.07, 6.45) is 38.8. The van der Waals surface area contributed by atoms with Crippen molar-refractivity contribution in [3.8, 4) is 0 Å². The SMILES string of the molecule is CC/C=C/C=C/C=C/CCCCCCCCCC(=O)OC1C(OCC(NC(=O)C(O)CCCCCCCCCCCC)C(O)/C=C/CCCCCCCCCCC)OC(CO)C(O)C1O. The number of hydrogen-bond acceptors (Lipinski definition) is 10. The Labute approximate surface area is 396 Å². The standard InChI is InChI=1S/C54H97NO10/c1-4-7-10-13-16-19-22-23-24-25-27-30-33-36-39-42-49(59)65-52-51(61)50(60)48(43-56)64-54(52)63-44-45(46(57)40-37-34-31-29-26-20-17-14-11-8-5-2)55-53(62)47(58)41-38-35-32-28-21-18-15-12-9-6-3/h7,10,13,16,19,22,37,40,45-48,50-52,54,56-58,60-61H,4-6,8-9,11-12,14-15,17-18,20-21,23-36,38-39,41-44H2,1-3H3,(H,55,62)/b10-7+,16-13+,22-19+,40-37+. The van der Waals surface area contributed by atoms with Gasteiger partial charge in [0.2, 0.25) is 5.91 Å². The number of aliphatic hydroxyl groups excluding tert-OH is 5. The van der Waals surface area contributed by atoms with Crippen molar-refractivity contribution in [2.45, 2.75) is 269 Å². The molecule has 0 saturated carbocycles. The van der Waals surface area contributed by atoms with Gasteiger partial charge in [0, 0.05) is 6.42 Å². The minimum Gasteiger partial charge on any atom is -0.454 e. The van der Waals surface area contributed by atoms with E-state index in [1.54, 1.807) is 6.08 Å². The van der Waals surface area contributed by atoms with Crippen LogP contribution in [0.15, 0.2) is 48.6 Å². The van der Waals surface area contributed by atoms with E-state index in [0.717, 1.165) is 89.9 Å². The fraction of sp³-hybridized carbons (Fsp3) is 0.815. The number of unbranched alkanes of at least 4 members (excludes halogenated alkanes) is 25. The van der Waals surface area contributed by atoms with E-state index in [4.69, 9.17) is 14.2 Å². The van der Waals surface area contributed by atoms with Gasteiger partial charge in [-0.2, -0.15) is 0 Å². The molecule has 11 heteroatoms. The van der Waals surface area contributed by atoms with Gasteiger partial charge < -0.3 is 45.1 Å². The van der Waals surface area contributed by atoms with E-state index in [1.807, 2.05) is 12.2 Å². The maximum atomic E-state index is 13.3. The zero-order chi connectivity index (χ0) is 47.6. The molecule has 0 aromatic rings. The lowest BCUT2D eigenvalue weighted by Gasteiger charge is -2.41. The lowest BCUT2D eigenvalue weighted by Crippen LogP contribution is -2.61. The Morgan fingerprint density at radius 2 is 1.11 bits per heavy atom. The van der Waals surface area contributed by atoms with E-state index in [9.17, 15) is 35.1 Å². The highest BCUT2D eigenvalue weighted by Crippen LogP contribution is 2.26. The average molecular weight is 920 g/mol. The number of nitrogens with one attached hydrogen (secondary N) is 1. The summed E-state index contributed by atoms with van der Waals surface area (Å²) in [5, 5.41) is 56.5. The zero-order valence-electron chi connectivity index (χ0n) is 41.3. The van der Waals surface area contributed by atoms with Gasteiger partial charge in [0.05, 0.1) is 25.4 Å². The lowest BCUT2D eigenvalue weighted by atomic mass is 9.99. The number of amides is 1. The Kier molecular flexibility index (Phi) is 40.1. The first-order valence-corrected chi connectivity index (χ1v) is 26.4. The number of ether oxygens (including phenoxy) is 3. The third-order valence-corrected chi connectivity index (χ3v) is 12.3. The van der Waals surface area contributed by atoms with Gasteiger partial charge in [0.1, 0.15) is 24.4 Å². The van der Waals surface area contributed by atoms with Crippen LogP contribution in [0.4, 0.5) is 0 Å². The molecule has 1 aliphatic heterocycles. The van der Waals surface area contributed by atoms with Crippen LogP contribution in [0.3, 0.4) is 0 Å². The first-order valence-electron chi connectivity index (χ1n) is 26.4. The molecular formula is C54H97NO10. The van der Waals surface area contributed by atoms with Crippen molar-refractivity contribution in [3.63, 3.8) is 0 Å². The first kappa shape index (κ1) is 60.6. The van der Waals surface area contributed by atoms with Gasteiger partial charge >= 0.3 is 5.97 Å². The van der Waals surface area contributed by atoms with Gasteiger partial charge in [-0.1, -0.05) is 217 Å². The number of rotatable bonds is 43. The average Bonchev–Trinajstić information content (AvgIpc) is 3.30. The van der Waals surface area contributed by atoms with Crippen LogP contribution in [-0.4, -0.2) is 99.6 Å². The molecule has 1 rings (SSSR count). The number of esters is 1. The van der Waals surface area contributed by atoms with Crippen LogP contribution in [-0.2, 0) is 23.8 Å². The van der Waals surface area contributed by atoms with Gasteiger partial charge in [-0.25, -0.2) is 0 Å². The summed E-state index contributed by atoms with van der Waals surface area (Å²) >= 11 is 0. The summed E-state index contributed by atoms with van der Waals surface area (Å²) in [6, 6.07) is -1.02. The van der Waals surface area contributed by atoms with Crippen molar-refractivity contribution < 1.29 is 49.3 Å². The molecule has 378 valence electrons. The van der Waals surface area contributed by atoms with Crippen LogP contribution >= 0.6 is 0 Å². The molecule has 1 amide bonds. The van der Waals surface area contributed by atoms with Crippen molar-refractivity contribution in [2.75, 3.05) is 13.2 Å². The van der Waals surface area contributed by atoms with Gasteiger partial charge in [0.25, 0.3) is 0 Å². The predicted octanol–water partition coefficient (Wildman–Crippen LogP) is 10.9. The molecule has 0 aromatic heterocycles. The van der Waals surface area contributed by atoms with Crippen molar-refractivity contribution >= 4 is 11.9 Å². The molecule has 0 bridgehead atoms. The van der Waals surface area contributed by atoms with E-state index >= 15 is 0 Å². The Balaban J connectivity index is 2.76. The van der Waals surface area contributed by atoms with Crippen LogP contribution < -0.4 is 5.32 Å². The second-order valence-electron chi connectivity index (χ2n) is 18.3. The van der Waals surface area contributed by atoms with Crippen LogP contribution in [0.1, 0.15) is 220 Å². The molecule has 6 N–H and O–H groups in total. The van der Waals surface area contributed by atoms with Gasteiger partial charge in [-0.15, -0.1) is 0 Å². The molecule has 11 nitrogen and oxygen atoms in total. The Hall–Kier alpha value is -2.38. The van der Waals surface area contributed by atoms with E-state index in [-0.39, 0.29) is 13.0 Å². The van der Waals surface area contributed by atoms with Crippen molar-refractivity contribution in [2.24, 2.45) is 0 Å². The number of hydrogen-bond donors (Lipinski definition) is 6. The number of allylic oxidation sites excluding steroid dienone is 7. The topological polar surface area (TPSA) is 175 Å². The molecule has 0 aromatic carbocycles. The molecule has 1 saturated heterocycles. The summed E-state index contributed by atoms with van der Waals surface area (Å²) in [7, 11) is 0. The van der Waals surface area contributed by atoms with E-state index in [2.05, 4.69) is 56.5 Å². The highest BCUT2D eigenvalue weighted by Gasteiger charge is 2.47. The molecule has 0 spiro atoms. The Morgan fingerprint density at radius 3 is 1.65 bits per heavy atom. The molecule has 8 atom stereocenters. The third kappa shape index (κ3) is 32.1. The Bertz CT molecular complexity index is 1240. The molecule has 0 radical (unpaired) electrons. The Morgan fingerprint density at radius 1 is 0.615 bits per heavy atom. The van der Waals surface area contributed by atoms with Gasteiger partial charge in [-0.3, -0.25) is 9.59 Å². The maximum absolute atomic E-state index is 13.3. The van der Waals surface area contributed by atoms with E-state index < -0.39 is 67.4 Å². The number of carbonyl (C=O) groups is 2. The van der Waals surface area contributed by atoms with Crippen LogP contribution in [0.5, 0.6) is 0 Å². The maximum Gasteiger partial charge on any atom is 0.306 e. The molecule has 65 heavy (non-hydrogen) atoms. The molecule has 0 aliphatic carbocycles. The quantitative estimate of drug-likeness (QED) is 0.0149. The van der Waals surface area contributed by atoms with Crippen LogP contribution in [0.25, 0.3) is 0 Å². The van der Waals surface area contributed by atoms with Crippen molar-refractivity contribution in [3.05, 3.63) is 48.6 Å². The largest absolute Gasteiger partial charge is 0.454 e. The molecule has 1 aliphatic rings. The fourth-order valence-electron chi connectivity index (χ4n) is 8.06. The fourth-order valence-corrected chi connectivity index (χ4v) is 8.06. The highest BCUT2D eigenvalue weighted by atomic mass is 16.7. The predicted molar refractivity (Wildman–Crippen MR) is 264 cm³/mol. The smallest absolute Gasteiger partial charge is 0.306 e. The second-order valence-corrected chi connectivity index (χ2v) is 18.3. The zero-order valence-corrected chi connectivity index (χ0v) is 41.3. The van der Waals surface area contributed by atoms with Crippen LogP contribution in [0.2, 0.25) is 0 Å². The van der Waals surface area contributed by atoms with E-state index in [0.29, 0.717) is 19.3 Å². The second kappa shape index (κ2) is 42.9. The summed E-state index contributed by atoms with van der Waals surface area (Å²) in [6.45, 7) is 5.60. The number of aliphatic hydroxyl groups is 5. The van der Waals surface area contributed by atoms with Crippen molar-refractivity contribution in [1.82, 2.24) is 5.32 Å². The third-order valence-electron chi connectivity index (χ3n) is 12.3. The van der Waals surface area contributed by atoms with Gasteiger partial charge in [-0.05, 0) is 44.9 Å². The summed E-state index contributed by atoms with van der Waals surface area (Å²) in [5.41, 5.74) is 0. The highest BCUT2D eigenvalue weighted by molar-refractivity contribution is 5.80. The van der Waals surface area contributed by atoms with Crippen LogP contribution in [0, 0.1) is 0 Å². The minimum absolute atomic E-state index is 0.110. The van der Waals surface area contributed by atoms with Gasteiger partial charge in [0.15, 0.2) is 12.4 Å². The van der Waals surface area contributed by atoms with Crippen molar-refractivity contribution in [1.29, 1.82) is 0 Å². The summed E-state index contributed by atoms with van der Waals surface area (Å²) in [4.78, 5) is 26.3. The summed E-state index contributed by atoms with van der Waals surface area (Å²) in [5.74, 6) is -1.21. The minimum atomic E-state index is -1.62. The normalized spacial score (nSPS) is 20.6. The van der Waals surface area contributed by atoms with E-state index in [1.165, 1.54) is 83.5 Å². The monoisotopic (exact) mass is 920 g/mol. The molecular weight excluding hydrogens is 823 g/mol. The molecule has 8 unspecified atom stereocenters. The number of carbonyl (C=O) groups excluding carboxylic acids is 2. The summed E-state index contributed by atoms with van der Waals surface area (Å²) < 4.78 is 17.5. The first-order chi connectivity index (χ1) is 31.7.